The van der Waals surface area contributed by atoms with E-state index in [1.807, 2.05) is 12.4 Å². The van der Waals surface area contributed by atoms with E-state index in [1.54, 1.807) is 0 Å². The average Bonchev–Trinajstić information content (AvgIpc) is 2.39. The standard InChI is InChI=1S/C15H25N3/c1-4-14-11-18(15(9-17-14)12(2)3)10-13-5-7-16-8-6-13/h5-8,12,14-15,17H,4,9-11H2,1-3H3. The fraction of sp³-hybridized carbons (Fsp3) is 0.667. The predicted octanol–water partition coefficient (Wildman–Crippen LogP) is 2.29. The van der Waals surface area contributed by atoms with Gasteiger partial charge >= 0.3 is 0 Å². The van der Waals surface area contributed by atoms with Gasteiger partial charge in [0.15, 0.2) is 0 Å². The topological polar surface area (TPSA) is 28.2 Å². The van der Waals surface area contributed by atoms with Gasteiger partial charge in [-0.15, -0.1) is 0 Å². The van der Waals surface area contributed by atoms with Crippen LogP contribution in [0.5, 0.6) is 0 Å². The lowest BCUT2D eigenvalue weighted by Gasteiger charge is -2.42. The Bertz CT molecular complexity index is 350. The van der Waals surface area contributed by atoms with Crippen molar-refractivity contribution in [3.63, 3.8) is 0 Å². The number of piperazine rings is 1. The first kappa shape index (κ1) is 13.5. The van der Waals surface area contributed by atoms with Gasteiger partial charge < -0.3 is 5.32 Å². The Morgan fingerprint density at radius 2 is 2.11 bits per heavy atom. The van der Waals surface area contributed by atoms with Crippen LogP contribution in [0.15, 0.2) is 24.5 Å². The molecule has 2 rings (SSSR count). The van der Waals surface area contributed by atoms with Crippen molar-refractivity contribution in [3.05, 3.63) is 30.1 Å². The molecule has 3 nitrogen and oxygen atoms in total. The second-order valence-electron chi connectivity index (χ2n) is 5.61. The molecule has 100 valence electrons. The van der Waals surface area contributed by atoms with Crippen LogP contribution in [0.3, 0.4) is 0 Å². The van der Waals surface area contributed by atoms with E-state index in [9.17, 15) is 0 Å². The summed E-state index contributed by atoms with van der Waals surface area (Å²) in [6.07, 6.45) is 4.98. The molecule has 2 heterocycles. The number of rotatable bonds is 4. The van der Waals surface area contributed by atoms with Crippen LogP contribution in [-0.4, -0.2) is 35.1 Å². The Balaban J connectivity index is 2.05. The molecule has 3 heteroatoms. The number of nitrogens with one attached hydrogen (secondary N) is 1. The van der Waals surface area contributed by atoms with E-state index in [-0.39, 0.29) is 0 Å². The van der Waals surface area contributed by atoms with E-state index in [1.165, 1.54) is 12.0 Å². The monoisotopic (exact) mass is 247 g/mol. The van der Waals surface area contributed by atoms with Gasteiger partial charge in [-0.1, -0.05) is 20.8 Å². The highest BCUT2D eigenvalue weighted by molar-refractivity contribution is 5.10. The molecule has 0 aliphatic carbocycles. The smallest absolute Gasteiger partial charge is 0.0271 e. The van der Waals surface area contributed by atoms with Gasteiger partial charge in [-0.25, -0.2) is 0 Å². The lowest BCUT2D eigenvalue weighted by molar-refractivity contribution is 0.0900. The normalized spacial score (nSPS) is 25.6. The largest absolute Gasteiger partial charge is 0.311 e. The van der Waals surface area contributed by atoms with E-state index in [2.05, 4.69) is 48.1 Å². The number of pyridine rings is 1. The fourth-order valence-corrected chi connectivity index (χ4v) is 2.73. The summed E-state index contributed by atoms with van der Waals surface area (Å²) >= 11 is 0. The number of nitrogens with zero attached hydrogens (tertiary/aromatic N) is 2. The molecule has 1 saturated heterocycles. The zero-order chi connectivity index (χ0) is 13.0. The summed E-state index contributed by atoms with van der Waals surface area (Å²) in [7, 11) is 0. The van der Waals surface area contributed by atoms with Crippen molar-refractivity contribution in [2.24, 2.45) is 5.92 Å². The van der Waals surface area contributed by atoms with Crippen molar-refractivity contribution >= 4 is 0 Å². The third-order valence-electron chi connectivity index (χ3n) is 3.94. The van der Waals surface area contributed by atoms with Gasteiger partial charge in [0, 0.05) is 44.1 Å². The van der Waals surface area contributed by atoms with Crippen LogP contribution in [0.2, 0.25) is 0 Å². The molecular weight excluding hydrogens is 222 g/mol. The predicted molar refractivity (Wildman–Crippen MR) is 75.4 cm³/mol. The molecule has 0 bridgehead atoms. The summed E-state index contributed by atoms with van der Waals surface area (Å²) < 4.78 is 0. The second-order valence-corrected chi connectivity index (χ2v) is 5.61. The fourth-order valence-electron chi connectivity index (χ4n) is 2.73. The number of hydrogen-bond acceptors (Lipinski definition) is 3. The second kappa shape index (κ2) is 6.30. The zero-order valence-electron chi connectivity index (χ0n) is 11.8. The maximum Gasteiger partial charge on any atom is 0.0271 e. The maximum atomic E-state index is 4.09. The molecule has 2 atom stereocenters. The molecular formula is C15H25N3. The third kappa shape index (κ3) is 3.30. The third-order valence-corrected chi connectivity index (χ3v) is 3.94. The van der Waals surface area contributed by atoms with Crippen LogP contribution >= 0.6 is 0 Å². The van der Waals surface area contributed by atoms with Crippen molar-refractivity contribution in [1.29, 1.82) is 0 Å². The van der Waals surface area contributed by atoms with E-state index >= 15 is 0 Å². The van der Waals surface area contributed by atoms with Crippen LogP contribution < -0.4 is 5.32 Å². The highest BCUT2D eigenvalue weighted by atomic mass is 15.2. The average molecular weight is 247 g/mol. The van der Waals surface area contributed by atoms with Gasteiger partial charge in [-0.3, -0.25) is 9.88 Å². The van der Waals surface area contributed by atoms with Crippen LogP contribution in [0, 0.1) is 5.92 Å². The molecule has 1 fully saturated rings. The minimum absolute atomic E-state index is 0.640. The Morgan fingerprint density at radius 3 is 2.72 bits per heavy atom. The van der Waals surface area contributed by atoms with Gasteiger partial charge in [-0.05, 0) is 30.0 Å². The molecule has 0 aromatic carbocycles. The first-order chi connectivity index (χ1) is 8.70. The van der Waals surface area contributed by atoms with Gasteiger partial charge in [0.05, 0.1) is 0 Å². The van der Waals surface area contributed by atoms with E-state index in [4.69, 9.17) is 0 Å². The summed E-state index contributed by atoms with van der Waals surface area (Å²) in [5.74, 6) is 0.692. The highest BCUT2D eigenvalue weighted by Gasteiger charge is 2.28. The first-order valence-corrected chi connectivity index (χ1v) is 7.07. The molecule has 0 saturated carbocycles. The molecule has 1 N–H and O–H groups in total. The Kier molecular flexibility index (Phi) is 4.72. The summed E-state index contributed by atoms with van der Waals surface area (Å²) in [5, 5.41) is 3.66. The molecule has 2 unspecified atom stereocenters. The van der Waals surface area contributed by atoms with E-state index in [0.29, 0.717) is 18.0 Å². The SMILES string of the molecule is CCC1CN(Cc2ccncc2)C(C(C)C)CN1. The molecule has 0 radical (unpaired) electrons. The van der Waals surface area contributed by atoms with Gasteiger partial charge in [0.2, 0.25) is 0 Å². The molecule has 1 aromatic heterocycles. The van der Waals surface area contributed by atoms with E-state index in [0.717, 1.165) is 19.6 Å². The van der Waals surface area contributed by atoms with Crippen molar-refractivity contribution in [3.8, 4) is 0 Å². The lowest BCUT2D eigenvalue weighted by atomic mass is 9.97. The highest BCUT2D eigenvalue weighted by Crippen LogP contribution is 2.18. The molecule has 0 amide bonds. The summed E-state index contributed by atoms with van der Waals surface area (Å²) in [4.78, 5) is 6.72. The van der Waals surface area contributed by atoms with Gasteiger partial charge in [0.25, 0.3) is 0 Å². The summed E-state index contributed by atoms with van der Waals surface area (Å²) in [6.45, 7) is 10.2. The van der Waals surface area contributed by atoms with Crippen molar-refractivity contribution in [2.75, 3.05) is 13.1 Å². The Labute approximate surface area is 111 Å². The van der Waals surface area contributed by atoms with Crippen LogP contribution in [0.25, 0.3) is 0 Å². The van der Waals surface area contributed by atoms with Crippen molar-refractivity contribution < 1.29 is 0 Å². The summed E-state index contributed by atoms with van der Waals surface area (Å²) in [5.41, 5.74) is 1.37. The molecule has 1 aromatic rings. The van der Waals surface area contributed by atoms with Crippen LogP contribution in [0.4, 0.5) is 0 Å². The first-order valence-electron chi connectivity index (χ1n) is 7.07. The van der Waals surface area contributed by atoms with E-state index < -0.39 is 0 Å². The maximum absolute atomic E-state index is 4.09. The Morgan fingerprint density at radius 1 is 1.39 bits per heavy atom. The van der Waals surface area contributed by atoms with Gasteiger partial charge in [-0.2, -0.15) is 0 Å². The molecule has 1 aliphatic heterocycles. The number of aromatic nitrogens is 1. The minimum Gasteiger partial charge on any atom is -0.311 e. The molecule has 0 spiro atoms. The molecule has 18 heavy (non-hydrogen) atoms. The Hall–Kier alpha value is -0.930. The summed E-state index contributed by atoms with van der Waals surface area (Å²) in [6, 6.07) is 5.53. The minimum atomic E-state index is 0.640. The van der Waals surface area contributed by atoms with Crippen LogP contribution in [0.1, 0.15) is 32.8 Å². The van der Waals surface area contributed by atoms with Crippen molar-refractivity contribution in [1.82, 2.24) is 15.2 Å². The quantitative estimate of drug-likeness (QED) is 0.885. The van der Waals surface area contributed by atoms with Crippen LogP contribution in [-0.2, 0) is 6.54 Å². The van der Waals surface area contributed by atoms with Crippen molar-refractivity contribution in [2.45, 2.75) is 45.8 Å². The number of hydrogen-bond donors (Lipinski definition) is 1. The molecule has 1 aliphatic rings. The zero-order valence-corrected chi connectivity index (χ0v) is 11.8. The lowest BCUT2D eigenvalue weighted by Crippen LogP contribution is -2.57. The van der Waals surface area contributed by atoms with Gasteiger partial charge in [0.1, 0.15) is 0 Å².